The number of hydrogen-bond donors (Lipinski definition) is 0. The van der Waals surface area contributed by atoms with E-state index in [-0.39, 0.29) is 12.6 Å². The Kier molecular flexibility index (Phi) is 18.4. The number of carbonyl (C=O) groups excluding carboxylic acids is 2. The molecule has 0 aromatic heterocycles. The van der Waals surface area contributed by atoms with Gasteiger partial charge in [0.05, 0.1) is 0 Å². The molecule has 0 aliphatic carbocycles. The number of esters is 2. The number of piperidine rings is 1. The van der Waals surface area contributed by atoms with Gasteiger partial charge in [-0.3, -0.25) is 9.69 Å². The first-order valence-corrected chi connectivity index (χ1v) is 15.5. The minimum absolute atomic E-state index is 0.0960. The molecule has 38 heavy (non-hydrogen) atoms. The third kappa shape index (κ3) is 16.7. The maximum absolute atomic E-state index is 12.6. The summed E-state index contributed by atoms with van der Waals surface area (Å²) in [5.74, 6) is -0.587. The van der Waals surface area contributed by atoms with Gasteiger partial charge in [0.2, 0.25) is 0 Å². The predicted octanol–water partition coefficient (Wildman–Crippen LogP) is 8.12. The van der Waals surface area contributed by atoms with Crippen LogP contribution in [0.15, 0.2) is 36.4 Å². The lowest BCUT2D eigenvalue weighted by atomic mass is 10.0. The quantitative estimate of drug-likeness (QED) is 0.0918. The number of carbonyl (C=O) groups is 2. The van der Waals surface area contributed by atoms with E-state index in [4.69, 9.17) is 9.47 Å². The summed E-state index contributed by atoms with van der Waals surface area (Å²) in [4.78, 5) is 27.1. The van der Waals surface area contributed by atoms with Gasteiger partial charge in [-0.25, -0.2) is 4.79 Å². The number of likely N-dealkylation sites (tertiary alicyclic amines) is 1. The topological polar surface area (TPSA) is 55.8 Å². The zero-order chi connectivity index (χ0) is 27.1. The summed E-state index contributed by atoms with van der Waals surface area (Å²) in [6, 6.07) is 9.66. The summed E-state index contributed by atoms with van der Waals surface area (Å²) in [5, 5.41) is 0. The van der Waals surface area contributed by atoms with E-state index in [1.54, 1.807) is 6.08 Å². The van der Waals surface area contributed by atoms with Crippen molar-refractivity contribution in [2.45, 2.75) is 122 Å². The zero-order valence-electron chi connectivity index (χ0n) is 24.0. The molecular formula is C33H53NO4. The van der Waals surface area contributed by atoms with Crippen molar-refractivity contribution in [3.8, 4) is 0 Å². The molecule has 1 unspecified atom stereocenters. The Labute approximate surface area is 232 Å². The van der Waals surface area contributed by atoms with E-state index in [0.29, 0.717) is 13.0 Å². The fourth-order valence-electron chi connectivity index (χ4n) is 5.04. The van der Waals surface area contributed by atoms with Gasteiger partial charge in [0, 0.05) is 19.0 Å². The smallest absolute Gasteiger partial charge is 0.330 e. The summed E-state index contributed by atoms with van der Waals surface area (Å²) in [7, 11) is 0. The second-order valence-corrected chi connectivity index (χ2v) is 10.8. The van der Waals surface area contributed by atoms with Gasteiger partial charge in [0.15, 0.2) is 0 Å². The van der Waals surface area contributed by atoms with Crippen molar-refractivity contribution in [3.63, 3.8) is 0 Å². The molecule has 1 atom stereocenters. The molecule has 1 aliphatic rings. The van der Waals surface area contributed by atoms with Crippen LogP contribution in [0.4, 0.5) is 0 Å². The van der Waals surface area contributed by atoms with E-state index < -0.39 is 12.1 Å². The summed E-state index contributed by atoms with van der Waals surface area (Å²) < 4.78 is 11.3. The van der Waals surface area contributed by atoms with Crippen LogP contribution in [0.3, 0.4) is 0 Å². The molecular weight excluding hydrogens is 474 g/mol. The highest BCUT2D eigenvalue weighted by Crippen LogP contribution is 2.14. The molecule has 0 saturated carbocycles. The first kappa shape index (κ1) is 32.1. The standard InChI is InChI=1S/C33H53NO4/c1-2-3-4-5-6-7-8-9-10-11-12-13-18-23-33(36)38-31(28-34-26-19-15-20-27-34)29-37-32(35)25-24-30-21-16-14-17-22-30/h14,16-17,21-22,24-25,31H,2-13,15,18-20,23,26-29H2,1H3. The van der Waals surface area contributed by atoms with Crippen molar-refractivity contribution in [2.24, 2.45) is 0 Å². The third-order valence-corrected chi connectivity index (χ3v) is 7.32. The second kappa shape index (κ2) is 21.8. The normalized spacial score (nSPS) is 15.0. The number of rotatable bonds is 21. The first-order valence-electron chi connectivity index (χ1n) is 15.5. The molecule has 0 bridgehead atoms. The van der Waals surface area contributed by atoms with Crippen molar-refractivity contribution in [3.05, 3.63) is 42.0 Å². The molecule has 2 rings (SSSR count). The molecule has 1 saturated heterocycles. The zero-order valence-corrected chi connectivity index (χ0v) is 24.0. The maximum Gasteiger partial charge on any atom is 0.330 e. The van der Waals surface area contributed by atoms with Crippen molar-refractivity contribution < 1.29 is 19.1 Å². The Bertz CT molecular complexity index is 758. The first-order chi connectivity index (χ1) is 18.7. The van der Waals surface area contributed by atoms with Crippen LogP contribution in [0.1, 0.15) is 122 Å². The Balaban J connectivity index is 1.60. The van der Waals surface area contributed by atoms with Gasteiger partial charge in [-0.05, 0) is 44.0 Å². The molecule has 1 heterocycles. The molecule has 1 aromatic carbocycles. The molecule has 0 N–H and O–H groups in total. The van der Waals surface area contributed by atoms with Crippen LogP contribution in [0.2, 0.25) is 0 Å². The van der Waals surface area contributed by atoms with Crippen molar-refractivity contribution in [1.82, 2.24) is 4.90 Å². The summed E-state index contributed by atoms with van der Waals surface area (Å²) in [6.07, 6.45) is 23.4. The summed E-state index contributed by atoms with van der Waals surface area (Å²) >= 11 is 0. The molecule has 1 fully saturated rings. The van der Waals surface area contributed by atoms with Crippen LogP contribution in [0.25, 0.3) is 6.08 Å². The Morgan fingerprint density at radius 2 is 1.39 bits per heavy atom. The summed E-state index contributed by atoms with van der Waals surface area (Å²) in [6.45, 7) is 5.00. The molecule has 1 aliphatic heterocycles. The van der Waals surface area contributed by atoms with Gasteiger partial charge in [0.25, 0.3) is 0 Å². The fourth-order valence-corrected chi connectivity index (χ4v) is 5.04. The molecule has 5 nitrogen and oxygen atoms in total. The molecule has 5 heteroatoms. The van der Waals surface area contributed by atoms with E-state index in [1.807, 2.05) is 30.3 Å². The second-order valence-electron chi connectivity index (χ2n) is 10.8. The number of hydrogen-bond acceptors (Lipinski definition) is 5. The number of nitrogens with zero attached hydrogens (tertiary/aromatic N) is 1. The average Bonchev–Trinajstić information content (AvgIpc) is 2.94. The Morgan fingerprint density at radius 3 is 2.00 bits per heavy atom. The minimum Gasteiger partial charge on any atom is -0.459 e. The van der Waals surface area contributed by atoms with Gasteiger partial charge in [-0.15, -0.1) is 0 Å². The van der Waals surface area contributed by atoms with Gasteiger partial charge < -0.3 is 9.47 Å². The molecule has 0 spiro atoms. The lowest BCUT2D eigenvalue weighted by Gasteiger charge is -2.30. The van der Waals surface area contributed by atoms with Crippen molar-refractivity contribution in [1.29, 1.82) is 0 Å². The Morgan fingerprint density at radius 1 is 0.816 bits per heavy atom. The molecule has 214 valence electrons. The SMILES string of the molecule is CCCCCCCCCCCCCCCC(=O)OC(COC(=O)C=Cc1ccccc1)CN1CCCCC1. The van der Waals surface area contributed by atoms with Gasteiger partial charge >= 0.3 is 11.9 Å². The average molecular weight is 528 g/mol. The molecule has 0 amide bonds. The summed E-state index contributed by atoms with van der Waals surface area (Å²) in [5.41, 5.74) is 0.943. The van der Waals surface area contributed by atoms with Crippen LogP contribution in [-0.2, 0) is 19.1 Å². The maximum atomic E-state index is 12.6. The Hall–Kier alpha value is -2.14. The molecule has 0 radical (unpaired) electrons. The van der Waals surface area contributed by atoms with E-state index in [1.165, 1.54) is 96.0 Å². The lowest BCUT2D eigenvalue weighted by Crippen LogP contribution is -2.40. The van der Waals surface area contributed by atoms with Crippen LogP contribution in [-0.4, -0.2) is 49.2 Å². The van der Waals surface area contributed by atoms with E-state index in [0.717, 1.165) is 31.5 Å². The molecule has 1 aromatic rings. The highest BCUT2D eigenvalue weighted by Gasteiger charge is 2.21. The van der Waals surface area contributed by atoms with Crippen LogP contribution in [0.5, 0.6) is 0 Å². The third-order valence-electron chi connectivity index (χ3n) is 7.32. The van der Waals surface area contributed by atoms with E-state index in [9.17, 15) is 9.59 Å². The van der Waals surface area contributed by atoms with Gasteiger partial charge in [-0.2, -0.15) is 0 Å². The van der Waals surface area contributed by atoms with Crippen LogP contribution >= 0.6 is 0 Å². The largest absolute Gasteiger partial charge is 0.459 e. The van der Waals surface area contributed by atoms with Gasteiger partial charge in [-0.1, -0.05) is 121 Å². The van der Waals surface area contributed by atoms with Crippen LogP contribution < -0.4 is 0 Å². The van der Waals surface area contributed by atoms with Gasteiger partial charge in [0.1, 0.15) is 12.7 Å². The lowest BCUT2D eigenvalue weighted by molar-refractivity contribution is -0.158. The van der Waals surface area contributed by atoms with Crippen molar-refractivity contribution >= 4 is 18.0 Å². The van der Waals surface area contributed by atoms with Crippen LogP contribution in [0, 0.1) is 0 Å². The number of benzene rings is 1. The predicted molar refractivity (Wildman–Crippen MR) is 157 cm³/mol. The minimum atomic E-state index is -0.420. The number of ether oxygens (including phenoxy) is 2. The highest BCUT2D eigenvalue weighted by molar-refractivity contribution is 5.87. The highest BCUT2D eigenvalue weighted by atomic mass is 16.6. The van der Waals surface area contributed by atoms with E-state index >= 15 is 0 Å². The van der Waals surface area contributed by atoms with E-state index in [2.05, 4.69) is 11.8 Å². The fraction of sp³-hybridized carbons (Fsp3) is 0.697. The number of unbranched alkanes of at least 4 members (excludes halogenated alkanes) is 12. The monoisotopic (exact) mass is 527 g/mol. The van der Waals surface area contributed by atoms with Crippen molar-refractivity contribution in [2.75, 3.05) is 26.2 Å².